The maximum Gasteiger partial charge on any atom is 0.250 e. The molecule has 2 amide bonds. The largest absolute Gasteiger partial charge is 0.343 e. The zero-order chi connectivity index (χ0) is 13.4. The minimum Gasteiger partial charge on any atom is -0.343 e. The van der Waals surface area contributed by atoms with E-state index in [2.05, 4.69) is 21.2 Å². The molecule has 4 nitrogen and oxygen atoms in total. The van der Waals surface area contributed by atoms with Crippen molar-refractivity contribution in [2.45, 2.75) is 25.9 Å². The van der Waals surface area contributed by atoms with E-state index >= 15 is 0 Å². The van der Waals surface area contributed by atoms with Crippen molar-refractivity contribution in [3.05, 3.63) is 28.5 Å². The third-order valence-electron chi connectivity index (χ3n) is 2.90. The Bertz CT molecular complexity index is 521. The predicted octanol–water partition coefficient (Wildman–Crippen LogP) is 1.83. The summed E-state index contributed by atoms with van der Waals surface area (Å²) in [5.41, 5.74) is 0.123. The van der Waals surface area contributed by atoms with Gasteiger partial charge in [0.25, 0.3) is 0 Å². The molecule has 0 radical (unpaired) electrons. The summed E-state index contributed by atoms with van der Waals surface area (Å²) in [5.74, 6) is -1.14. The highest BCUT2D eigenvalue weighted by Crippen LogP contribution is 2.27. The summed E-state index contributed by atoms with van der Waals surface area (Å²) in [7, 11) is 0. The van der Waals surface area contributed by atoms with Gasteiger partial charge in [-0.1, -0.05) is 15.9 Å². The highest BCUT2D eigenvalue weighted by atomic mass is 79.9. The van der Waals surface area contributed by atoms with Crippen LogP contribution in [0.4, 0.5) is 10.1 Å². The lowest BCUT2D eigenvalue weighted by Crippen LogP contribution is -2.61. The Hall–Kier alpha value is -1.43. The Morgan fingerprint density at radius 1 is 1.33 bits per heavy atom. The molecule has 0 aliphatic carbocycles. The summed E-state index contributed by atoms with van der Waals surface area (Å²) >= 11 is 3.15. The zero-order valence-electron chi connectivity index (χ0n) is 9.91. The van der Waals surface area contributed by atoms with Gasteiger partial charge in [-0.3, -0.25) is 14.5 Å². The monoisotopic (exact) mass is 314 g/mol. The molecule has 2 rings (SSSR count). The normalized spacial score (nSPS) is 24.1. The third-order valence-corrected chi connectivity index (χ3v) is 3.40. The average Bonchev–Trinajstić information content (AvgIpc) is 2.29. The number of halogens is 2. The van der Waals surface area contributed by atoms with Crippen molar-refractivity contribution in [1.29, 1.82) is 0 Å². The SMILES string of the molecule is CC1NC(=O)C(C)N(c2ccc(Br)cc2F)C1=O. The summed E-state index contributed by atoms with van der Waals surface area (Å²) in [5, 5.41) is 2.55. The van der Waals surface area contributed by atoms with E-state index in [1.54, 1.807) is 19.9 Å². The van der Waals surface area contributed by atoms with E-state index < -0.39 is 17.9 Å². The lowest BCUT2D eigenvalue weighted by atomic mass is 10.1. The molecule has 0 bridgehead atoms. The molecule has 1 aliphatic heterocycles. The van der Waals surface area contributed by atoms with E-state index in [-0.39, 0.29) is 17.5 Å². The molecule has 1 N–H and O–H groups in total. The summed E-state index contributed by atoms with van der Waals surface area (Å²) in [4.78, 5) is 24.9. The maximum atomic E-state index is 13.9. The van der Waals surface area contributed by atoms with E-state index in [1.165, 1.54) is 17.0 Å². The van der Waals surface area contributed by atoms with Gasteiger partial charge in [0.15, 0.2) is 0 Å². The molecule has 18 heavy (non-hydrogen) atoms. The Morgan fingerprint density at radius 3 is 2.61 bits per heavy atom. The van der Waals surface area contributed by atoms with E-state index in [9.17, 15) is 14.0 Å². The van der Waals surface area contributed by atoms with E-state index in [0.29, 0.717) is 4.47 Å². The summed E-state index contributed by atoms with van der Waals surface area (Å²) in [6.45, 7) is 3.15. The number of nitrogens with one attached hydrogen (secondary N) is 1. The molecule has 1 aliphatic rings. The standard InChI is InChI=1S/C12H12BrFN2O2/c1-6-12(18)16(7(2)11(17)15-6)10-4-3-8(13)5-9(10)14/h3-7H,1-2H3,(H,15,17). The van der Waals surface area contributed by atoms with Gasteiger partial charge in [-0.05, 0) is 32.0 Å². The number of nitrogens with zero attached hydrogens (tertiary/aromatic N) is 1. The smallest absolute Gasteiger partial charge is 0.250 e. The summed E-state index contributed by atoms with van der Waals surface area (Å²) in [6.07, 6.45) is 0. The average molecular weight is 315 g/mol. The number of piperazine rings is 1. The van der Waals surface area contributed by atoms with Gasteiger partial charge in [0.2, 0.25) is 11.8 Å². The molecule has 6 heteroatoms. The second-order valence-corrected chi connectivity index (χ2v) is 5.13. The minimum absolute atomic E-state index is 0.123. The first kappa shape index (κ1) is 13.0. The summed E-state index contributed by atoms with van der Waals surface area (Å²) in [6, 6.07) is 3.03. The van der Waals surface area contributed by atoms with E-state index in [0.717, 1.165) is 0 Å². The number of benzene rings is 1. The molecular weight excluding hydrogens is 303 g/mol. The van der Waals surface area contributed by atoms with Crippen molar-refractivity contribution in [2.24, 2.45) is 0 Å². The number of hydrogen-bond donors (Lipinski definition) is 1. The molecule has 2 atom stereocenters. The van der Waals surface area contributed by atoms with Gasteiger partial charge in [0.1, 0.15) is 17.9 Å². The third kappa shape index (κ3) is 2.12. The van der Waals surface area contributed by atoms with Crippen LogP contribution in [-0.4, -0.2) is 23.9 Å². The molecule has 1 aromatic carbocycles. The first-order chi connectivity index (χ1) is 8.41. The van der Waals surface area contributed by atoms with Crippen molar-refractivity contribution in [2.75, 3.05) is 4.90 Å². The Labute approximate surface area is 112 Å². The van der Waals surface area contributed by atoms with E-state index in [1.807, 2.05) is 0 Å². The fourth-order valence-corrected chi connectivity index (χ4v) is 2.25. The number of anilines is 1. The van der Waals surface area contributed by atoms with Crippen LogP contribution in [-0.2, 0) is 9.59 Å². The molecule has 2 unspecified atom stereocenters. The molecule has 1 fully saturated rings. The van der Waals surface area contributed by atoms with Crippen molar-refractivity contribution in [3.63, 3.8) is 0 Å². The molecule has 0 spiro atoms. The van der Waals surface area contributed by atoms with E-state index in [4.69, 9.17) is 0 Å². The number of hydrogen-bond acceptors (Lipinski definition) is 2. The quantitative estimate of drug-likeness (QED) is 0.859. The second-order valence-electron chi connectivity index (χ2n) is 4.21. The lowest BCUT2D eigenvalue weighted by molar-refractivity contribution is -0.133. The molecule has 96 valence electrons. The lowest BCUT2D eigenvalue weighted by Gasteiger charge is -2.36. The fraction of sp³-hybridized carbons (Fsp3) is 0.333. The highest BCUT2D eigenvalue weighted by molar-refractivity contribution is 9.10. The van der Waals surface area contributed by atoms with Crippen LogP contribution in [0.5, 0.6) is 0 Å². The number of carbonyl (C=O) groups excluding carboxylic acids is 2. The van der Waals surface area contributed by atoms with Gasteiger partial charge in [-0.25, -0.2) is 4.39 Å². The van der Waals surface area contributed by atoms with Gasteiger partial charge >= 0.3 is 0 Å². The van der Waals surface area contributed by atoms with Crippen LogP contribution in [0.15, 0.2) is 22.7 Å². The molecular formula is C12H12BrFN2O2. The van der Waals surface area contributed by atoms with Crippen molar-refractivity contribution in [3.8, 4) is 0 Å². The van der Waals surface area contributed by atoms with Crippen molar-refractivity contribution < 1.29 is 14.0 Å². The molecule has 0 saturated carbocycles. The molecule has 0 aromatic heterocycles. The Balaban J connectivity index is 2.46. The van der Waals surface area contributed by atoms with Crippen molar-refractivity contribution >= 4 is 33.4 Å². The van der Waals surface area contributed by atoms with Crippen LogP contribution in [0.25, 0.3) is 0 Å². The van der Waals surface area contributed by atoms with Crippen LogP contribution in [0, 0.1) is 5.82 Å². The maximum absolute atomic E-state index is 13.9. The molecule has 1 aromatic rings. The van der Waals surface area contributed by atoms with Gasteiger partial charge in [-0.15, -0.1) is 0 Å². The first-order valence-electron chi connectivity index (χ1n) is 5.50. The summed E-state index contributed by atoms with van der Waals surface area (Å²) < 4.78 is 14.5. The van der Waals surface area contributed by atoms with Gasteiger partial charge < -0.3 is 5.32 Å². The van der Waals surface area contributed by atoms with Crippen molar-refractivity contribution in [1.82, 2.24) is 5.32 Å². The highest BCUT2D eigenvalue weighted by Gasteiger charge is 2.37. The number of carbonyl (C=O) groups is 2. The van der Waals surface area contributed by atoms with Crippen LogP contribution in [0.1, 0.15) is 13.8 Å². The zero-order valence-corrected chi connectivity index (χ0v) is 11.5. The predicted molar refractivity (Wildman–Crippen MR) is 68.7 cm³/mol. The van der Waals surface area contributed by atoms with Gasteiger partial charge in [0, 0.05) is 4.47 Å². The second kappa shape index (κ2) is 4.68. The number of rotatable bonds is 1. The van der Waals surface area contributed by atoms with Crippen LogP contribution in [0.2, 0.25) is 0 Å². The van der Waals surface area contributed by atoms with Gasteiger partial charge in [-0.2, -0.15) is 0 Å². The van der Waals surface area contributed by atoms with Crippen LogP contribution in [0.3, 0.4) is 0 Å². The topological polar surface area (TPSA) is 49.4 Å². The van der Waals surface area contributed by atoms with Gasteiger partial charge in [0.05, 0.1) is 5.69 Å². The van der Waals surface area contributed by atoms with Crippen LogP contribution >= 0.6 is 15.9 Å². The molecule has 1 heterocycles. The Kier molecular flexibility index (Phi) is 3.38. The Morgan fingerprint density at radius 2 is 2.00 bits per heavy atom. The fourth-order valence-electron chi connectivity index (χ4n) is 1.92. The first-order valence-corrected chi connectivity index (χ1v) is 6.29. The number of amides is 2. The van der Waals surface area contributed by atoms with Crippen LogP contribution < -0.4 is 10.2 Å². The minimum atomic E-state index is -0.718. The molecule has 1 saturated heterocycles.